The zero-order valence-corrected chi connectivity index (χ0v) is 12.8. The third kappa shape index (κ3) is 4.69. The summed E-state index contributed by atoms with van der Waals surface area (Å²) < 4.78 is 26.6. The van der Waals surface area contributed by atoms with E-state index in [1.165, 1.54) is 12.1 Å². The molecule has 0 fully saturated rings. The molecule has 0 radical (unpaired) electrons. The van der Waals surface area contributed by atoms with Crippen LogP contribution in [0.2, 0.25) is 0 Å². The van der Waals surface area contributed by atoms with Crippen LogP contribution in [0.5, 0.6) is 0 Å². The van der Waals surface area contributed by atoms with Gasteiger partial charge in [0.25, 0.3) is 0 Å². The van der Waals surface area contributed by atoms with E-state index in [2.05, 4.69) is 4.72 Å². The average Bonchev–Trinajstić information content (AvgIpc) is 2.38. The first-order valence-electron chi connectivity index (χ1n) is 6.00. The standard InChI is InChI=1S/C12H18N2O4S2/c1-19-7-3-2-6-14-20(17,18)11-5-4-9(13)8-10(11)12(15)16/h4-5,8,14H,2-3,6-7,13H2,1H3,(H,15,16). The quantitative estimate of drug-likeness (QED) is 0.493. The number of nitrogens with two attached hydrogens (primary N) is 1. The number of anilines is 1. The molecule has 0 saturated carbocycles. The van der Waals surface area contributed by atoms with Crippen LogP contribution in [0.15, 0.2) is 23.1 Å². The number of rotatable bonds is 8. The van der Waals surface area contributed by atoms with Crippen LogP contribution in [0.25, 0.3) is 0 Å². The van der Waals surface area contributed by atoms with Crippen molar-refractivity contribution in [2.75, 3.05) is 24.3 Å². The zero-order valence-electron chi connectivity index (χ0n) is 11.1. The number of benzene rings is 1. The molecule has 1 aromatic carbocycles. The van der Waals surface area contributed by atoms with Crippen LogP contribution in [0.4, 0.5) is 5.69 Å². The second kappa shape index (κ2) is 7.51. The predicted octanol–water partition coefficient (Wildman–Crippen LogP) is 1.39. The monoisotopic (exact) mass is 318 g/mol. The SMILES string of the molecule is CSCCCCNS(=O)(=O)c1ccc(N)cc1C(=O)O. The molecule has 1 aromatic rings. The molecular formula is C12H18N2O4S2. The van der Waals surface area contributed by atoms with Gasteiger partial charge >= 0.3 is 5.97 Å². The molecule has 112 valence electrons. The van der Waals surface area contributed by atoms with Crippen LogP contribution in [0, 0.1) is 0 Å². The summed E-state index contributed by atoms with van der Waals surface area (Å²) in [6.07, 6.45) is 3.59. The number of thioether (sulfide) groups is 1. The Morgan fingerprint density at radius 1 is 1.40 bits per heavy atom. The molecule has 0 saturated heterocycles. The molecule has 20 heavy (non-hydrogen) atoms. The Labute approximate surface area is 122 Å². The van der Waals surface area contributed by atoms with Crippen molar-refractivity contribution < 1.29 is 18.3 Å². The fourth-order valence-electron chi connectivity index (χ4n) is 1.60. The highest BCUT2D eigenvalue weighted by molar-refractivity contribution is 7.98. The van der Waals surface area contributed by atoms with Gasteiger partial charge in [-0.2, -0.15) is 11.8 Å². The molecule has 1 rings (SSSR count). The van der Waals surface area contributed by atoms with Gasteiger partial charge < -0.3 is 10.8 Å². The normalized spacial score (nSPS) is 11.4. The largest absolute Gasteiger partial charge is 0.478 e. The minimum Gasteiger partial charge on any atom is -0.478 e. The maximum absolute atomic E-state index is 12.1. The number of unbranched alkanes of at least 4 members (excludes halogenated alkanes) is 1. The van der Waals surface area contributed by atoms with Crippen LogP contribution >= 0.6 is 11.8 Å². The van der Waals surface area contributed by atoms with Crippen LogP contribution in [-0.2, 0) is 10.0 Å². The van der Waals surface area contributed by atoms with Crippen molar-refractivity contribution in [1.29, 1.82) is 0 Å². The van der Waals surface area contributed by atoms with Crippen molar-refractivity contribution in [3.8, 4) is 0 Å². The summed E-state index contributed by atoms with van der Waals surface area (Å²) in [5.41, 5.74) is 5.37. The Kier molecular flexibility index (Phi) is 6.31. The summed E-state index contributed by atoms with van der Waals surface area (Å²) in [6, 6.07) is 3.72. The van der Waals surface area contributed by atoms with E-state index in [4.69, 9.17) is 10.8 Å². The first-order valence-corrected chi connectivity index (χ1v) is 8.87. The topological polar surface area (TPSA) is 109 Å². The molecule has 0 unspecified atom stereocenters. The van der Waals surface area contributed by atoms with E-state index < -0.39 is 16.0 Å². The summed E-state index contributed by atoms with van der Waals surface area (Å²) >= 11 is 1.70. The van der Waals surface area contributed by atoms with E-state index in [-0.39, 0.29) is 22.7 Å². The van der Waals surface area contributed by atoms with Crippen molar-refractivity contribution in [3.63, 3.8) is 0 Å². The van der Waals surface area contributed by atoms with E-state index in [1.807, 2.05) is 6.26 Å². The van der Waals surface area contributed by atoms with E-state index in [0.717, 1.165) is 18.2 Å². The third-order valence-corrected chi connectivity index (χ3v) is 4.81. The Hall–Kier alpha value is -1.25. The van der Waals surface area contributed by atoms with Gasteiger partial charge in [0.2, 0.25) is 10.0 Å². The van der Waals surface area contributed by atoms with E-state index in [1.54, 1.807) is 11.8 Å². The van der Waals surface area contributed by atoms with E-state index >= 15 is 0 Å². The zero-order chi connectivity index (χ0) is 15.2. The number of carboxylic acid groups (broad SMARTS) is 1. The highest BCUT2D eigenvalue weighted by Gasteiger charge is 2.21. The first-order chi connectivity index (χ1) is 9.38. The second-order valence-corrected chi connectivity index (χ2v) is 6.88. The van der Waals surface area contributed by atoms with Gasteiger partial charge in [-0.15, -0.1) is 0 Å². The number of carboxylic acids is 1. The first kappa shape index (κ1) is 16.8. The van der Waals surface area contributed by atoms with Crippen LogP contribution < -0.4 is 10.5 Å². The number of aromatic carboxylic acids is 1. The third-order valence-electron chi connectivity index (χ3n) is 2.59. The maximum Gasteiger partial charge on any atom is 0.337 e. The smallest absolute Gasteiger partial charge is 0.337 e. The predicted molar refractivity (Wildman–Crippen MR) is 80.6 cm³/mol. The number of carbonyl (C=O) groups is 1. The highest BCUT2D eigenvalue weighted by atomic mass is 32.2. The Morgan fingerprint density at radius 2 is 2.10 bits per heavy atom. The summed E-state index contributed by atoms with van der Waals surface area (Å²) in [5, 5.41) is 9.04. The fraction of sp³-hybridized carbons (Fsp3) is 0.417. The molecule has 0 heterocycles. The molecule has 6 nitrogen and oxygen atoms in total. The molecule has 0 amide bonds. The van der Waals surface area contributed by atoms with Crippen molar-refractivity contribution in [1.82, 2.24) is 4.72 Å². The lowest BCUT2D eigenvalue weighted by Gasteiger charge is -2.09. The molecule has 0 aliphatic carbocycles. The number of nitrogens with one attached hydrogen (secondary N) is 1. The molecule has 0 aliphatic heterocycles. The minimum absolute atomic E-state index is 0.210. The molecule has 0 aromatic heterocycles. The van der Waals surface area contributed by atoms with Crippen LogP contribution in [0.1, 0.15) is 23.2 Å². The lowest BCUT2D eigenvalue weighted by Crippen LogP contribution is -2.26. The molecule has 0 bridgehead atoms. The maximum atomic E-state index is 12.1. The van der Waals surface area contributed by atoms with E-state index in [9.17, 15) is 13.2 Å². The van der Waals surface area contributed by atoms with Crippen molar-refractivity contribution >= 4 is 33.4 Å². The molecule has 0 aliphatic rings. The fourth-order valence-corrected chi connectivity index (χ4v) is 3.35. The number of sulfonamides is 1. The summed E-state index contributed by atoms with van der Waals surface area (Å²) in [6.45, 7) is 0.284. The van der Waals surface area contributed by atoms with Gasteiger partial charge in [-0.25, -0.2) is 17.9 Å². The Balaban J connectivity index is 2.84. The number of hydrogen-bond donors (Lipinski definition) is 3. The van der Waals surface area contributed by atoms with Crippen molar-refractivity contribution in [2.45, 2.75) is 17.7 Å². The number of nitrogen functional groups attached to an aromatic ring is 1. The van der Waals surface area contributed by atoms with Gasteiger partial charge in [-0.3, -0.25) is 0 Å². The van der Waals surface area contributed by atoms with Crippen molar-refractivity contribution in [3.05, 3.63) is 23.8 Å². The molecule has 0 atom stereocenters. The van der Waals surface area contributed by atoms with Gasteiger partial charge in [-0.05, 0) is 43.0 Å². The van der Waals surface area contributed by atoms with Crippen LogP contribution in [-0.4, -0.2) is 38.0 Å². The van der Waals surface area contributed by atoms with Crippen molar-refractivity contribution in [2.24, 2.45) is 0 Å². The molecular weight excluding hydrogens is 300 g/mol. The summed E-state index contributed by atoms with van der Waals surface area (Å²) in [5.74, 6) is -0.357. The van der Waals surface area contributed by atoms with Gasteiger partial charge in [0.05, 0.1) is 10.5 Å². The Bertz CT molecular complexity index is 573. The molecule has 0 spiro atoms. The van der Waals surface area contributed by atoms with Gasteiger partial charge in [0.15, 0.2) is 0 Å². The Morgan fingerprint density at radius 3 is 2.70 bits per heavy atom. The lowest BCUT2D eigenvalue weighted by atomic mass is 10.2. The number of hydrogen-bond acceptors (Lipinski definition) is 5. The van der Waals surface area contributed by atoms with E-state index in [0.29, 0.717) is 6.42 Å². The van der Waals surface area contributed by atoms with Gasteiger partial charge in [0, 0.05) is 12.2 Å². The molecule has 8 heteroatoms. The highest BCUT2D eigenvalue weighted by Crippen LogP contribution is 2.19. The average molecular weight is 318 g/mol. The van der Waals surface area contributed by atoms with Crippen LogP contribution in [0.3, 0.4) is 0 Å². The second-order valence-electron chi connectivity index (χ2n) is 4.16. The van der Waals surface area contributed by atoms with Gasteiger partial charge in [0.1, 0.15) is 0 Å². The van der Waals surface area contributed by atoms with Gasteiger partial charge in [-0.1, -0.05) is 0 Å². The minimum atomic E-state index is -3.83. The lowest BCUT2D eigenvalue weighted by molar-refractivity contribution is 0.0692. The molecule has 4 N–H and O–H groups in total. The summed E-state index contributed by atoms with van der Waals surface area (Å²) in [4.78, 5) is 10.8. The summed E-state index contributed by atoms with van der Waals surface area (Å²) in [7, 11) is -3.83.